The van der Waals surface area contributed by atoms with Gasteiger partial charge in [0, 0.05) is 29.8 Å². The van der Waals surface area contributed by atoms with Crippen molar-refractivity contribution in [1.82, 2.24) is 9.97 Å². The summed E-state index contributed by atoms with van der Waals surface area (Å²) < 4.78 is 2.49. The van der Waals surface area contributed by atoms with Gasteiger partial charge in [0.1, 0.15) is 0 Å². The molecule has 0 saturated carbocycles. The number of aromatic nitrogens is 2. The summed E-state index contributed by atoms with van der Waals surface area (Å²) in [6.45, 7) is 1.96. The number of rotatable bonds is 3. The molecule has 2 N–H and O–H groups in total. The molecule has 0 spiro atoms. The van der Waals surface area contributed by atoms with Crippen molar-refractivity contribution in [3.63, 3.8) is 0 Å². The topological polar surface area (TPSA) is 90.7 Å². The Bertz CT molecular complexity index is 1630. The van der Waals surface area contributed by atoms with E-state index in [2.05, 4.69) is 63.0 Å². The number of aromatic hydroxyl groups is 1. The van der Waals surface area contributed by atoms with Crippen molar-refractivity contribution in [2.75, 3.05) is 0 Å². The molecule has 0 saturated heterocycles. The molecule has 0 atom stereocenters. The lowest BCUT2D eigenvalue weighted by molar-refractivity contribution is 0.0996. The molecule has 0 aliphatic carbocycles. The normalized spacial score (nSPS) is 11.6. The number of carbonyl (C=O) groups is 1. The minimum atomic E-state index is -0.529. The molecule has 34 heavy (non-hydrogen) atoms. The molecule has 0 aliphatic heterocycles. The van der Waals surface area contributed by atoms with E-state index in [4.69, 9.17) is 4.98 Å². The maximum atomic E-state index is 13.3. The van der Waals surface area contributed by atoms with Crippen LogP contribution in [0.4, 0.5) is 5.69 Å². The molecule has 2 aromatic heterocycles. The molecule has 2 heterocycles. The number of benzene rings is 3. The van der Waals surface area contributed by atoms with E-state index in [1.54, 1.807) is 12.1 Å². The number of halogens is 3. The first-order chi connectivity index (χ1) is 16.3. The number of nitrogens with zero attached hydrogens (tertiary/aromatic N) is 3. The molecule has 0 unspecified atom stereocenters. The van der Waals surface area contributed by atoms with Crippen LogP contribution in [-0.2, 0) is 0 Å². The summed E-state index contributed by atoms with van der Waals surface area (Å²) >= 11 is 10.3. The quantitative estimate of drug-likeness (QED) is 0.193. The van der Waals surface area contributed by atoms with Gasteiger partial charge in [-0.1, -0.05) is 55.6 Å². The zero-order valence-electron chi connectivity index (χ0n) is 17.6. The van der Waals surface area contributed by atoms with Gasteiger partial charge >= 0.3 is 0 Å². The molecule has 0 fully saturated rings. The Balaban J connectivity index is 1.62. The van der Waals surface area contributed by atoms with E-state index in [1.807, 2.05) is 55.5 Å². The van der Waals surface area contributed by atoms with Crippen LogP contribution in [0.15, 0.2) is 84.3 Å². The largest absolute Gasteiger partial charge is 0.493 e. The summed E-state index contributed by atoms with van der Waals surface area (Å²) in [5, 5.41) is 19.8. The third-order valence-corrected chi connectivity index (χ3v) is 6.97. The molecule has 9 heteroatoms. The zero-order valence-corrected chi connectivity index (χ0v) is 22.4. The number of hydrogen-bond donors (Lipinski definition) is 2. The van der Waals surface area contributed by atoms with Crippen LogP contribution in [0.1, 0.15) is 15.9 Å². The van der Waals surface area contributed by atoms with Crippen LogP contribution in [0, 0.1) is 6.92 Å². The Morgan fingerprint density at radius 2 is 1.71 bits per heavy atom. The Kier molecular flexibility index (Phi) is 6.09. The molecule has 1 amide bonds. The highest BCUT2D eigenvalue weighted by Gasteiger charge is 2.17. The second-order valence-corrected chi connectivity index (χ2v) is 10.4. The average molecular weight is 643 g/mol. The summed E-state index contributed by atoms with van der Waals surface area (Å²) in [6, 6.07) is 18.8. The SMILES string of the molecule is Cc1ccc2nc(-c3ccc(Br)cc3)cc(C(=O)N=Nc3c(O)[nH]c4c(Br)cc(Br)cc34)c2c1. The van der Waals surface area contributed by atoms with Crippen molar-refractivity contribution in [3.8, 4) is 17.1 Å². The number of aryl methyl sites for hydroxylation is 1. The van der Waals surface area contributed by atoms with E-state index < -0.39 is 5.91 Å². The number of carbonyl (C=O) groups excluding carboxylic acids is 1. The first kappa shape index (κ1) is 22.9. The van der Waals surface area contributed by atoms with E-state index in [9.17, 15) is 9.90 Å². The van der Waals surface area contributed by atoms with Crippen molar-refractivity contribution in [2.24, 2.45) is 10.2 Å². The minimum Gasteiger partial charge on any atom is -0.493 e. The molecular weight excluding hydrogens is 628 g/mol. The molecule has 0 aliphatic rings. The summed E-state index contributed by atoms with van der Waals surface area (Å²) in [6.07, 6.45) is 0. The second-order valence-electron chi connectivity index (χ2n) is 7.72. The third-order valence-electron chi connectivity index (χ3n) is 5.35. The van der Waals surface area contributed by atoms with E-state index in [1.165, 1.54) is 0 Å². The van der Waals surface area contributed by atoms with Gasteiger partial charge in [0.15, 0.2) is 5.69 Å². The predicted octanol–water partition coefficient (Wildman–Crippen LogP) is 8.61. The summed E-state index contributed by atoms with van der Waals surface area (Å²) in [5.74, 6) is -0.699. The number of azo groups is 1. The number of pyridine rings is 1. The Morgan fingerprint density at radius 3 is 2.47 bits per heavy atom. The number of amides is 1. The van der Waals surface area contributed by atoms with Crippen LogP contribution in [0.25, 0.3) is 33.1 Å². The standard InChI is InChI=1S/C25H15Br3N4O2/c1-12-2-7-20-16(8-12)17(11-21(29-20)13-3-5-14(26)6-4-13)24(33)32-31-23-18-9-15(27)10-19(28)22(18)30-25(23)34/h2-11,30,34H,1H3. The van der Waals surface area contributed by atoms with Gasteiger partial charge < -0.3 is 10.1 Å². The van der Waals surface area contributed by atoms with Gasteiger partial charge in [0.2, 0.25) is 5.88 Å². The molecular formula is C25H15Br3N4O2. The molecule has 5 rings (SSSR count). The van der Waals surface area contributed by atoms with Gasteiger partial charge in [-0.25, -0.2) is 4.98 Å². The monoisotopic (exact) mass is 640 g/mol. The maximum absolute atomic E-state index is 13.3. The van der Waals surface area contributed by atoms with Gasteiger partial charge in [-0.15, -0.1) is 10.2 Å². The maximum Gasteiger partial charge on any atom is 0.296 e. The third kappa shape index (κ3) is 4.31. The molecule has 6 nitrogen and oxygen atoms in total. The summed E-state index contributed by atoms with van der Waals surface area (Å²) in [4.78, 5) is 20.9. The van der Waals surface area contributed by atoms with E-state index in [0.717, 1.165) is 24.5 Å². The smallest absolute Gasteiger partial charge is 0.296 e. The molecule has 0 radical (unpaired) electrons. The highest BCUT2D eigenvalue weighted by atomic mass is 79.9. The number of fused-ring (bicyclic) bond motifs is 2. The van der Waals surface area contributed by atoms with Gasteiger partial charge in [-0.05, 0) is 65.3 Å². The lowest BCUT2D eigenvalue weighted by Gasteiger charge is -2.08. The van der Waals surface area contributed by atoms with E-state index in [0.29, 0.717) is 33.1 Å². The average Bonchev–Trinajstić information content (AvgIpc) is 3.12. The predicted molar refractivity (Wildman–Crippen MR) is 144 cm³/mol. The number of H-pyrrole nitrogens is 1. The number of nitrogens with one attached hydrogen (secondary N) is 1. The fourth-order valence-electron chi connectivity index (χ4n) is 3.73. The van der Waals surface area contributed by atoms with E-state index >= 15 is 0 Å². The van der Waals surface area contributed by atoms with Crippen LogP contribution < -0.4 is 0 Å². The Hall–Kier alpha value is -2.88. The fourth-order valence-corrected chi connectivity index (χ4v) is 5.32. The van der Waals surface area contributed by atoms with Crippen molar-refractivity contribution in [2.45, 2.75) is 6.92 Å². The lowest BCUT2D eigenvalue weighted by atomic mass is 10.0. The highest BCUT2D eigenvalue weighted by Crippen LogP contribution is 2.40. The van der Waals surface area contributed by atoms with Crippen molar-refractivity contribution in [1.29, 1.82) is 0 Å². The summed E-state index contributed by atoms with van der Waals surface area (Å²) in [7, 11) is 0. The first-order valence-corrected chi connectivity index (χ1v) is 12.5. The number of hydrogen-bond acceptors (Lipinski definition) is 4. The Morgan fingerprint density at radius 1 is 0.941 bits per heavy atom. The summed E-state index contributed by atoms with van der Waals surface area (Å²) in [5.41, 5.74) is 4.45. The first-order valence-electron chi connectivity index (χ1n) is 10.1. The van der Waals surface area contributed by atoms with Crippen molar-refractivity contribution < 1.29 is 9.90 Å². The fraction of sp³-hybridized carbons (Fsp3) is 0.0400. The highest BCUT2D eigenvalue weighted by molar-refractivity contribution is 9.11. The number of aromatic amines is 1. The molecule has 3 aromatic carbocycles. The molecule has 168 valence electrons. The van der Waals surface area contributed by atoms with Crippen LogP contribution in [0.5, 0.6) is 5.88 Å². The minimum absolute atomic E-state index is 0.170. The van der Waals surface area contributed by atoms with Gasteiger partial charge in [-0.3, -0.25) is 4.79 Å². The van der Waals surface area contributed by atoms with Gasteiger partial charge in [0.25, 0.3) is 5.91 Å². The van der Waals surface area contributed by atoms with Crippen LogP contribution >= 0.6 is 47.8 Å². The van der Waals surface area contributed by atoms with Crippen LogP contribution in [0.3, 0.4) is 0 Å². The van der Waals surface area contributed by atoms with Gasteiger partial charge in [-0.2, -0.15) is 0 Å². The molecule has 0 bridgehead atoms. The second kappa shape index (κ2) is 9.05. The zero-order chi connectivity index (χ0) is 24.0. The Labute approximate surface area is 219 Å². The van der Waals surface area contributed by atoms with Crippen LogP contribution in [0.2, 0.25) is 0 Å². The van der Waals surface area contributed by atoms with Crippen LogP contribution in [-0.4, -0.2) is 21.0 Å². The lowest BCUT2D eigenvalue weighted by Crippen LogP contribution is -1.99. The van der Waals surface area contributed by atoms with Gasteiger partial charge in [0.05, 0.1) is 22.3 Å². The van der Waals surface area contributed by atoms with E-state index in [-0.39, 0.29) is 11.6 Å². The van der Waals surface area contributed by atoms with Crippen molar-refractivity contribution in [3.05, 3.63) is 85.2 Å². The molecule has 5 aromatic rings. The van der Waals surface area contributed by atoms with Crippen molar-refractivity contribution >= 4 is 81.2 Å².